The second-order valence-electron chi connectivity index (χ2n) is 6.11. The van der Waals surface area contributed by atoms with E-state index in [0.717, 1.165) is 31.4 Å². The zero-order valence-electron chi connectivity index (χ0n) is 13.3. The molecule has 0 aromatic rings. The second-order valence-corrected chi connectivity index (χ2v) is 7.09. The zero-order valence-corrected chi connectivity index (χ0v) is 14.1. The summed E-state index contributed by atoms with van der Waals surface area (Å²) in [6.45, 7) is 4.85. The number of rotatable bonds is 8. The van der Waals surface area contributed by atoms with Gasteiger partial charge in [0.25, 0.3) is 0 Å². The highest BCUT2D eigenvalue weighted by Gasteiger charge is 2.29. The van der Waals surface area contributed by atoms with Gasteiger partial charge in [-0.3, -0.25) is 0 Å². The molecule has 0 saturated heterocycles. The normalized spacial score (nSPS) is 17.0. The highest BCUT2D eigenvalue weighted by Crippen LogP contribution is 2.24. The summed E-state index contributed by atoms with van der Waals surface area (Å²) in [5.41, 5.74) is 0. The van der Waals surface area contributed by atoms with Crippen molar-refractivity contribution in [3.8, 4) is 0 Å². The number of amides is 2. The van der Waals surface area contributed by atoms with Crippen LogP contribution in [0.1, 0.15) is 46.0 Å². The van der Waals surface area contributed by atoms with Crippen molar-refractivity contribution in [3.63, 3.8) is 0 Å². The maximum Gasteiger partial charge on any atom is 0.326 e. The predicted molar refractivity (Wildman–Crippen MR) is 86.8 cm³/mol. The molecular weight excluding hydrogens is 288 g/mol. The summed E-state index contributed by atoms with van der Waals surface area (Å²) in [7, 11) is 0. The molecular formula is C15H28N2O3S. The number of carboxylic acids is 1. The van der Waals surface area contributed by atoms with E-state index in [1.165, 1.54) is 0 Å². The highest BCUT2D eigenvalue weighted by molar-refractivity contribution is 7.98. The molecule has 1 saturated carbocycles. The van der Waals surface area contributed by atoms with Crippen LogP contribution in [0.4, 0.5) is 4.79 Å². The topological polar surface area (TPSA) is 69.6 Å². The van der Waals surface area contributed by atoms with Crippen molar-refractivity contribution in [1.29, 1.82) is 0 Å². The van der Waals surface area contributed by atoms with E-state index in [2.05, 4.69) is 19.2 Å². The summed E-state index contributed by atoms with van der Waals surface area (Å²) >= 11 is 1.59. The van der Waals surface area contributed by atoms with Gasteiger partial charge in [0.05, 0.1) is 0 Å². The monoisotopic (exact) mass is 316 g/mol. The third kappa shape index (κ3) is 6.16. The van der Waals surface area contributed by atoms with Crippen molar-refractivity contribution in [2.45, 2.75) is 58.0 Å². The summed E-state index contributed by atoms with van der Waals surface area (Å²) < 4.78 is 0. The van der Waals surface area contributed by atoms with Crippen LogP contribution >= 0.6 is 11.8 Å². The lowest BCUT2D eigenvalue weighted by molar-refractivity contribution is -0.139. The van der Waals surface area contributed by atoms with E-state index in [1.54, 1.807) is 11.8 Å². The SMILES string of the molecule is CSCC[C@@H](NC(=O)N(CC(C)C)C1CCCC1)C(=O)O. The molecule has 0 bridgehead atoms. The molecule has 21 heavy (non-hydrogen) atoms. The van der Waals surface area contributed by atoms with Crippen molar-refractivity contribution in [3.05, 3.63) is 0 Å². The molecule has 1 aliphatic carbocycles. The van der Waals surface area contributed by atoms with Crippen LogP contribution < -0.4 is 5.32 Å². The Balaban J connectivity index is 2.66. The maximum absolute atomic E-state index is 12.5. The van der Waals surface area contributed by atoms with Crippen molar-refractivity contribution >= 4 is 23.8 Å². The van der Waals surface area contributed by atoms with Gasteiger partial charge in [0.1, 0.15) is 6.04 Å². The fourth-order valence-corrected chi connectivity index (χ4v) is 3.20. The first-order valence-corrected chi connectivity index (χ1v) is 9.14. The van der Waals surface area contributed by atoms with Crippen molar-refractivity contribution in [2.75, 3.05) is 18.6 Å². The zero-order chi connectivity index (χ0) is 15.8. The van der Waals surface area contributed by atoms with Gasteiger partial charge in [0.15, 0.2) is 0 Å². The number of thioether (sulfide) groups is 1. The van der Waals surface area contributed by atoms with Crippen LogP contribution in [0, 0.1) is 5.92 Å². The summed E-state index contributed by atoms with van der Waals surface area (Å²) in [5, 5.41) is 11.9. The molecule has 1 atom stereocenters. The van der Waals surface area contributed by atoms with E-state index in [9.17, 15) is 14.7 Å². The Kier molecular flexibility index (Phi) is 7.93. The molecule has 2 amide bonds. The first-order valence-electron chi connectivity index (χ1n) is 7.74. The smallest absolute Gasteiger partial charge is 0.326 e. The minimum atomic E-state index is -0.951. The lowest BCUT2D eigenvalue weighted by Crippen LogP contribution is -2.52. The molecule has 6 heteroatoms. The van der Waals surface area contributed by atoms with Gasteiger partial charge in [-0.05, 0) is 37.2 Å². The lowest BCUT2D eigenvalue weighted by Gasteiger charge is -2.31. The number of nitrogens with zero attached hydrogens (tertiary/aromatic N) is 1. The summed E-state index contributed by atoms with van der Waals surface area (Å²) in [6.07, 6.45) is 6.76. The average molecular weight is 316 g/mol. The molecule has 0 aliphatic heterocycles. The van der Waals surface area contributed by atoms with E-state index in [-0.39, 0.29) is 12.1 Å². The van der Waals surface area contributed by atoms with Crippen molar-refractivity contribution in [1.82, 2.24) is 10.2 Å². The Morgan fingerprint density at radius 3 is 2.43 bits per heavy atom. The van der Waals surface area contributed by atoms with Crippen molar-refractivity contribution < 1.29 is 14.7 Å². The Bertz CT molecular complexity index is 344. The molecule has 0 radical (unpaired) electrons. The van der Waals surface area contributed by atoms with Gasteiger partial charge in [0.2, 0.25) is 0 Å². The van der Waals surface area contributed by atoms with Crippen LogP contribution in [0.2, 0.25) is 0 Å². The quantitative estimate of drug-likeness (QED) is 0.722. The van der Waals surface area contributed by atoms with Crippen LogP contribution in [0.5, 0.6) is 0 Å². The summed E-state index contributed by atoms with van der Waals surface area (Å²) in [5.74, 6) is 0.157. The molecule has 2 N–H and O–H groups in total. The Hall–Kier alpha value is -0.910. The summed E-state index contributed by atoms with van der Waals surface area (Å²) in [6, 6.07) is -0.743. The third-order valence-electron chi connectivity index (χ3n) is 3.79. The van der Waals surface area contributed by atoms with Crippen LogP contribution in [-0.2, 0) is 4.79 Å². The van der Waals surface area contributed by atoms with Gasteiger partial charge in [-0.25, -0.2) is 9.59 Å². The highest BCUT2D eigenvalue weighted by atomic mass is 32.2. The fraction of sp³-hybridized carbons (Fsp3) is 0.867. The molecule has 0 unspecified atom stereocenters. The molecule has 0 spiro atoms. The number of nitrogens with one attached hydrogen (secondary N) is 1. The van der Waals surface area contributed by atoms with E-state index < -0.39 is 12.0 Å². The first-order chi connectivity index (χ1) is 9.95. The number of carboxylic acid groups (broad SMARTS) is 1. The van der Waals surface area contributed by atoms with E-state index in [4.69, 9.17) is 0 Å². The molecule has 1 rings (SSSR count). The number of urea groups is 1. The molecule has 1 fully saturated rings. The van der Waals surface area contributed by atoms with Gasteiger partial charge in [-0.1, -0.05) is 26.7 Å². The molecule has 0 aromatic heterocycles. The molecule has 122 valence electrons. The Labute approximate surface area is 131 Å². The molecule has 0 aromatic carbocycles. The number of hydrogen-bond donors (Lipinski definition) is 2. The first kappa shape index (κ1) is 18.1. The van der Waals surface area contributed by atoms with Crippen molar-refractivity contribution in [2.24, 2.45) is 5.92 Å². The van der Waals surface area contributed by atoms with Crippen LogP contribution in [0.25, 0.3) is 0 Å². The van der Waals surface area contributed by atoms with Gasteiger partial charge >= 0.3 is 12.0 Å². The average Bonchev–Trinajstić information content (AvgIpc) is 2.93. The minimum absolute atomic E-state index is 0.218. The van der Waals surface area contributed by atoms with Gasteiger partial charge in [-0.2, -0.15) is 11.8 Å². The molecule has 0 heterocycles. The van der Waals surface area contributed by atoms with Gasteiger partial charge < -0.3 is 15.3 Å². The standard InChI is InChI=1S/C15H28N2O3S/c1-11(2)10-17(12-6-4-5-7-12)15(20)16-13(14(18)19)8-9-21-3/h11-13H,4-10H2,1-3H3,(H,16,20)(H,18,19)/t13-/m1/s1. The second kappa shape index (κ2) is 9.18. The number of hydrogen-bond acceptors (Lipinski definition) is 3. The Morgan fingerprint density at radius 1 is 1.33 bits per heavy atom. The number of aliphatic carboxylic acids is 1. The Morgan fingerprint density at radius 2 is 1.95 bits per heavy atom. The van der Waals surface area contributed by atoms with E-state index in [0.29, 0.717) is 18.9 Å². The van der Waals surface area contributed by atoms with E-state index >= 15 is 0 Å². The van der Waals surface area contributed by atoms with Crippen LogP contribution in [0.3, 0.4) is 0 Å². The number of carbonyl (C=O) groups excluding carboxylic acids is 1. The van der Waals surface area contributed by atoms with E-state index in [1.807, 2.05) is 11.2 Å². The summed E-state index contributed by atoms with van der Waals surface area (Å²) in [4.78, 5) is 25.6. The third-order valence-corrected chi connectivity index (χ3v) is 4.44. The lowest BCUT2D eigenvalue weighted by atomic mass is 10.1. The van der Waals surface area contributed by atoms with Gasteiger partial charge in [0, 0.05) is 12.6 Å². The maximum atomic E-state index is 12.5. The van der Waals surface area contributed by atoms with Crippen LogP contribution in [0.15, 0.2) is 0 Å². The van der Waals surface area contributed by atoms with Crippen LogP contribution in [-0.4, -0.2) is 52.6 Å². The fourth-order valence-electron chi connectivity index (χ4n) is 2.73. The largest absolute Gasteiger partial charge is 0.480 e. The minimum Gasteiger partial charge on any atom is -0.480 e. The van der Waals surface area contributed by atoms with Gasteiger partial charge in [-0.15, -0.1) is 0 Å². The predicted octanol–water partition coefficient (Wildman–Crippen LogP) is 2.80. The molecule has 5 nitrogen and oxygen atoms in total. The number of carbonyl (C=O) groups is 2. The molecule has 1 aliphatic rings.